The molecule has 19 heavy (non-hydrogen) atoms. The highest BCUT2D eigenvalue weighted by molar-refractivity contribution is 5.05. The number of hydrogen-bond donors (Lipinski definition) is 2. The summed E-state index contributed by atoms with van der Waals surface area (Å²) in [5.41, 5.74) is -0.166. The van der Waals surface area contributed by atoms with E-state index in [1.54, 1.807) is 0 Å². The van der Waals surface area contributed by atoms with Gasteiger partial charge in [0, 0.05) is 24.9 Å². The van der Waals surface area contributed by atoms with Crippen LogP contribution in [0.4, 0.5) is 0 Å². The number of hydrogen-bond acceptors (Lipinski definition) is 3. The van der Waals surface area contributed by atoms with Crippen LogP contribution in [0.1, 0.15) is 51.8 Å². The average Bonchev–Trinajstić information content (AvgIpc) is 3.15. The number of nitrogens with zero attached hydrogens (tertiary/aromatic N) is 2. The van der Waals surface area contributed by atoms with Gasteiger partial charge in [-0.3, -0.25) is 0 Å². The molecule has 0 aliphatic heterocycles. The number of rotatable bonds is 8. The molecule has 4 heteroatoms. The Labute approximate surface area is 116 Å². The first-order valence-corrected chi connectivity index (χ1v) is 7.50. The molecule has 1 aromatic heterocycles. The van der Waals surface area contributed by atoms with E-state index in [9.17, 15) is 5.11 Å². The van der Waals surface area contributed by atoms with Crippen molar-refractivity contribution in [1.29, 1.82) is 0 Å². The quantitative estimate of drug-likeness (QED) is 0.757. The zero-order chi connectivity index (χ0) is 13.9. The molecule has 0 aromatic carbocycles. The van der Waals surface area contributed by atoms with E-state index in [-0.39, 0.29) is 12.1 Å². The summed E-state index contributed by atoms with van der Waals surface area (Å²) in [7, 11) is 0. The molecule has 1 fully saturated rings. The lowest BCUT2D eigenvalue weighted by Crippen LogP contribution is -2.54. The van der Waals surface area contributed by atoms with Crippen LogP contribution in [0.15, 0.2) is 12.4 Å². The number of imidazole rings is 1. The van der Waals surface area contributed by atoms with E-state index in [0.29, 0.717) is 11.8 Å². The van der Waals surface area contributed by atoms with Crippen LogP contribution in [0.2, 0.25) is 0 Å². The lowest BCUT2D eigenvalue weighted by atomic mass is 9.93. The summed E-state index contributed by atoms with van der Waals surface area (Å²) in [6.07, 6.45) is 7.45. The molecule has 0 spiro atoms. The Bertz CT molecular complexity index is 398. The Hall–Kier alpha value is -0.870. The minimum absolute atomic E-state index is 0.166. The van der Waals surface area contributed by atoms with Gasteiger partial charge in [-0.25, -0.2) is 4.98 Å². The predicted molar refractivity (Wildman–Crippen MR) is 77.2 cm³/mol. The fourth-order valence-electron chi connectivity index (χ4n) is 2.83. The lowest BCUT2D eigenvalue weighted by Gasteiger charge is -2.34. The van der Waals surface area contributed by atoms with E-state index >= 15 is 0 Å². The van der Waals surface area contributed by atoms with E-state index in [4.69, 9.17) is 0 Å². The molecule has 1 saturated carbocycles. The molecule has 108 valence electrons. The average molecular weight is 265 g/mol. The van der Waals surface area contributed by atoms with Gasteiger partial charge < -0.3 is 15.0 Å². The molecule has 4 nitrogen and oxygen atoms in total. The number of aliphatic hydroxyl groups is 1. The second-order valence-corrected chi connectivity index (χ2v) is 6.08. The van der Waals surface area contributed by atoms with E-state index in [1.165, 1.54) is 12.8 Å². The summed E-state index contributed by atoms with van der Waals surface area (Å²) in [6, 6.07) is 0. The van der Waals surface area contributed by atoms with Gasteiger partial charge in [-0.1, -0.05) is 20.8 Å². The molecular formula is C15H27N3O. The third-order valence-corrected chi connectivity index (χ3v) is 4.08. The van der Waals surface area contributed by atoms with E-state index in [0.717, 1.165) is 25.3 Å². The van der Waals surface area contributed by atoms with Crippen LogP contribution < -0.4 is 5.32 Å². The maximum Gasteiger partial charge on any atom is 0.111 e. The molecule has 1 aromatic rings. The van der Waals surface area contributed by atoms with Crippen LogP contribution in [0.5, 0.6) is 0 Å². The lowest BCUT2D eigenvalue weighted by molar-refractivity contribution is 0.121. The molecule has 1 heterocycles. The molecular weight excluding hydrogens is 238 g/mol. The largest absolute Gasteiger partial charge is 0.394 e. The predicted octanol–water partition coefficient (Wildman–Crippen LogP) is 2.15. The summed E-state index contributed by atoms with van der Waals surface area (Å²) < 4.78 is 2.21. The number of aliphatic hydroxyl groups excluding tert-OH is 1. The fraction of sp³-hybridized carbons (Fsp3) is 0.800. The summed E-state index contributed by atoms with van der Waals surface area (Å²) in [5, 5.41) is 13.5. The molecule has 1 aliphatic rings. The first kappa shape index (κ1) is 14.5. The minimum atomic E-state index is -0.166. The van der Waals surface area contributed by atoms with Crippen LogP contribution in [0.25, 0.3) is 0 Å². The zero-order valence-corrected chi connectivity index (χ0v) is 12.4. The third kappa shape index (κ3) is 3.18. The standard InChI is InChI=1S/C15H27N3O/c1-4-7-17-15(11-19,13-5-6-13)10-18-9-8-16-14(18)12(2)3/h8-9,12-13,17,19H,4-7,10-11H2,1-3H3. The van der Waals surface area contributed by atoms with Gasteiger partial charge in [0.05, 0.1) is 12.1 Å². The highest BCUT2D eigenvalue weighted by atomic mass is 16.3. The summed E-state index contributed by atoms with van der Waals surface area (Å²) in [6.45, 7) is 8.47. The first-order chi connectivity index (χ1) is 9.13. The van der Waals surface area contributed by atoms with Crippen LogP contribution in [0.3, 0.4) is 0 Å². The van der Waals surface area contributed by atoms with Crippen LogP contribution in [-0.2, 0) is 6.54 Å². The van der Waals surface area contributed by atoms with Crippen molar-refractivity contribution in [3.8, 4) is 0 Å². The number of aromatic nitrogens is 2. The monoisotopic (exact) mass is 265 g/mol. The Morgan fingerprint density at radius 3 is 2.79 bits per heavy atom. The SMILES string of the molecule is CCCNC(CO)(Cn1ccnc1C(C)C)C1CC1. The molecule has 2 rings (SSSR count). The topological polar surface area (TPSA) is 50.1 Å². The highest BCUT2D eigenvalue weighted by Gasteiger charge is 2.44. The summed E-state index contributed by atoms with van der Waals surface area (Å²) in [4.78, 5) is 4.45. The number of nitrogens with one attached hydrogen (secondary N) is 1. The summed E-state index contributed by atoms with van der Waals surface area (Å²) in [5.74, 6) is 2.13. The van der Waals surface area contributed by atoms with Gasteiger partial charge in [-0.05, 0) is 31.7 Å². The van der Waals surface area contributed by atoms with E-state index in [1.807, 2.05) is 12.4 Å². The van der Waals surface area contributed by atoms with Gasteiger partial charge in [-0.2, -0.15) is 0 Å². The molecule has 0 saturated heterocycles. The highest BCUT2D eigenvalue weighted by Crippen LogP contribution is 2.40. The Morgan fingerprint density at radius 1 is 1.53 bits per heavy atom. The Balaban J connectivity index is 2.17. The molecule has 1 unspecified atom stereocenters. The second-order valence-electron chi connectivity index (χ2n) is 6.08. The summed E-state index contributed by atoms with van der Waals surface area (Å²) >= 11 is 0. The van der Waals surface area contributed by atoms with Gasteiger partial charge in [0.1, 0.15) is 5.82 Å². The maximum absolute atomic E-state index is 9.95. The molecule has 0 bridgehead atoms. The van der Waals surface area contributed by atoms with Crippen molar-refractivity contribution in [2.24, 2.45) is 5.92 Å². The van der Waals surface area contributed by atoms with Crippen molar-refractivity contribution in [2.45, 2.75) is 58.0 Å². The molecule has 0 radical (unpaired) electrons. The van der Waals surface area contributed by atoms with Gasteiger partial charge in [0.2, 0.25) is 0 Å². The van der Waals surface area contributed by atoms with Crippen molar-refractivity contribution >= 4 is 0 Å². The van der Waals surface area contributed by atoms with E-state index < -0.39 is 0 Å². The maximum atomic E-state index is 9.95. The second kappa shape index (κ2) is 6.06. The fourth-order valence-corrected chi connectivity index (χ4v) is 2.83. The smallest absolute Gasteiger partial charge is 0.111 e. The Kier molecular flexibility index (Phi) is 4.63. The van der Waals surface area contributed by atoms with Crippen LogP contribution in [0, 0.1) is 5.92 Å². The normalized spacial score (nSPS) is 18.8. The minimum Gasteiger partial charge on any atom is -0.394 e. The zero-order valence-electron chi connectivity index (χ0n) is 12.4. The van der Waals surface area contributed by atoms with Crippen molar-refractivity contribution in [1.82, 2.24) is 14.9 Å². The molecule has 2 N–H and O–H groups in total. The van der Waals surface area contributed by atoms with Crippen molar-refractivity contribution in [2.75, 3.05) is 13.2 Å². The van der Waals surface area contributed by atoms with Crippen LogP contribution >= 0.6 is 0 Å². The third-order valence-electron chi connectivity index (χ3n) is 4.08. The molecule has 1 aliphatic carbocycles. The first-order valence-electron chi connectivity index (χ1n) is 7.50. The van der Waals surface area contributed by atoms with Crippen LogP contribution in [-0.4, -0.2) is 33.3 Å². The molecule has 0 amide bonds. The van der Waals surface area contributed by atoms with Crippen molar-refractivity contribution < 1.29 is 5.11 Å². The van der Waals surface area contributed by atoms with Gasteiger partial charge >= 0.3 is 0 Å². The van der Waals surface area contributed by atoms with Gasteiger partial charge in [0.15, 0.2) is 0 Å². The molecule has 1 atom stereocenters. The van der Waals surface area contributed by atoms with Gasteiger partial charge in [0.25, 0.3) is 0 Å². The van der Waals surface area contributed by atoms with Crippen molar-refractivity contribution in [3.63, 3.8) is 0 Å². The Morgan fingerprint density at radius 2 is 2.26 bits per heavy atom. The van der Waals surface area contributed by atoms with Gasteiger partial charge in [-0.15, -0.1) is 0 Å². The van der Waals surface area contributed by atoms with E-state index in [2.05, 4.69) is 35.6 Å². The van der Waals surface area contributed by atoms with Crippen molar-refractivity contribution in [3.05, 3.63) is 18.2 Å².